The van der Waals surface area contributed by atoms with E-state index in [4.69, 9.17) is 0 Å². The van der Waals surface area contributed by atoms with Crippen LogP contribution < -0.4 is 10.2 Å². The third-order valence-corrected chi connectivity index (χ3v) is 5.21. The van der Waals surface area contributed by atoms with E-state index >= 15 is 0 Å². The standard InChI is InChI=1S/C17H17N7O3S/c25-15(20-17-21-19-11-28-17)10-22-6-8-23(9-7-22)14-4-3-13-12(2-1-5-18-13)16(14)24(26)27/h1-5,11H,6-10H2,(H,20,21,25). The predicted molar refractivity (Wildman–Crippen MR) is 106 cm³/mol. The van der Waals surface area contributed by atoms with Crippen LogP contribution in [0, 0.1) is 10.1 Å². The Labute approximate surface area is 164 Å². The van der Waals surface area contributed by atoms with Gasteiger partial charge in [-0.05, 0) is 24.3 Å². The molecule has 1 aliphatic heterocycles. The number of fused-ring (bicyclic) bond motifs is 1. The highest BCUT2D eigenvalue weighted by Crippen LogP contribution is 2.35. The predicted octanol–water partition coefficient (Wildman–Crippen LogP) is 1.76. The fraction of sp³-hybridized carbons (Fsp3) is 0.294. The lowest BCUT2D eigenvalue weighted by Gasteiger charge is -2.35. The van der Waals surface area contributed by atoms with E-state index in [0.29, 0.717) is 47.9 Å². The Kier molecular flexibility index (Phi) is 5.08. The van der Waals surface area contributed by atoms with Crippen molar-refractivity contribution in [1.82, 2.24) is 20.1 Å². The molecule has 3 heterocycles. The van der Waals surface area contributed by atoms with E-state index in [2.05, 4.69) is 20.5 Å². The maximum atomic E-state index is 12.1. The number of aromatic nitrogens is 3. The molecule has 10 nitrogen and oxygen atoms in total. The van der Waals surface area contributed by atoms with Crippen LogP contribution >= 0.6 is 11.3 Å². The van der Waals surface area contributed by atoms with Crippen LogP contribution in [0.2, 0.25) is 0 Å². The van der Waals surface area contributed by atoms with Crippen molar-refractivity contribution in [3.05, 3.63) is 46.1 Å². The zero-order chi connectivity index (χ0) is 19.5. The molecule has 1 N–H and O–H groups in total. The minimum Gasteiger partial charge on any atom is -0.363 e. The largest absolute Gasteiger partial charge is 0.363 e. The third-order valence-electron chi connectivity index (χ3n) is 4.60. The van der Waals surface area contributed by atoms with Crippen molar-refractivity contribution >= 4 is 44.7 Å². The van der Waals surface area contributed by atoms with Crippen molar-refractivity contribution < 1.29 is 9.72 Å². The lowest BCUT2D eigenvalue weighted by Crippen LogP contribution is -2.48. The Hall–Kier alpha value is -3.18. The molecule has 0 atom stereocenters. The van der Waals surface area contributed by atoms with Gasteiger partial charge in [-0.25, -0.2) is 0 Å². The zero-order valence-electron chi connectivity index (χ0n) is 14.8. The number of nitrogens with one attached hydrogen (secondary N) is 1. The Bertz CT molecular complexity index is 1000. The van der Waals surface area contributed by atoms with Crippen molar-refractivity contribution in [2.75, 3.05) is 42.9 Å². The maximum absolute atomic E-state index is 12.1. The molecule has 0 aliphatic carbocycles. The molecule has 1 amide bonds. The molecular formula is C17H17N7O3S. The van der Waals surface area contributed by atoms with Gasteiger partial charge in [0.15, 0.2) is 0 Å². The average molecular weight is 399 g/mol. The van der Waals surface area contributed by atoms with Crippen molar-refractivity contribution in [2.45, 2.75) is 0 Å². The van der Waals surface area contributed by atoms with Crippen LogP contribution in [0.15, 0.2) is 36.0 Å². The van der Waals surface area contributed by atoms with E-state index in [9.17, 15) is 14.9 Å². The second-order valence-corrected chi connectivity index (χ2v) is 7.15. The van der Waals surface area contributed by atoms with Crippen LogP contribution in [-0.4, -0.2) is 63.6 Å². The lowest BCUT2D eigenvalue weighted by molar-refractivity contribution is -0.382. The molecule has 3 aromatic rings. The van der Waals surface area contributed by atoms with Gasteiger partial charge in [0.25, 0.3) is 0 Å². The number of piperazine rings is 1. The highest BCUT2D eigenvalue weighted by Gasteiger charge is 2.26. The van der Waals surface area contributed by atoms with Crippen LogP contribution in [0.25, 0.3) is 10.9 Å². The van der Waals surface area contributed by atoms with Crippen LogP contribution in [0.3, 0.4) is 0 Å². The van der Waals surface area contributed by atoms with E-state index in [1.54, 1.807) is 36.0 Å². The molecule has 4 rings (SSSR count). The van der Waals surface area contributed by atoms with Crippen LogP contribution in [0.5, 0.6) is 0 Å². The number of benzene rings is 1. The van der Waals surface area contributed by atoms with Gasteiger partial charge in [0.1, 0.15) is 11.2 Å². The molecule has 1 fully saturated rings. The number of rotatable bonds is 5. The van der Waals surface area contributed by atoms with E-state index in [-0.39, 0.29) is 23.1 Å². The van der Waals surface area contributed by atoms with Crippen LogP contribution in [0.1, 0.15) is 0 Å². The van der Waals surface area contributed by atoms with E-state index in [1.807, 2.05) is 9.80 Å². The molecule has 1 aromatic carbocycles. The number of nitro benzene ring substituents is 1. The minimum absolute atomic E-state index is 0.0769. The number of hydrogen-bond acceptors (Lipinski definition) is 9. The Morgan fingerprint density at radius 2 is 2.07 bits per heavy atom. The van der Waals surface area contributed by atoms with Gasteiger partial charge in [0, 0.05) is 32.4 Å². The number of carbonyl (C=O) groups is 1. The second kappa shape index (κ2) is 7.82. The fourth-order valence-electron chi connectivity index (χ4n) is 3.31. The van der Waals surface area contributed by atoms with Crippen molar-refractivity contribution in [1.29, 1.82) is 0 Å². The zero-order valence-corrected chi connectivity index (χ0v) is 15.6. The van der Waals surface area contributed by atoms with Gasteiger partial charge in [-0.2, -0.15) is 0 Å². The fourth-order valence-corrected chi connectivity index (χ4v) is 3.77. The molecule has 0 unspecified atom stereocenters. The molecule has 28 heavy (non-hydrogen) atoms. The first-order chi connectivity index (χ1) is 13.6. The summed E-state index contributed by atoms with van der Waals surface area (Å²) < 4.78 is 0. The SMILES string of the molecule is O=C(CN1CCN(c2ccc3ncccc3c2[N+](=O)[O-])CC1)Nc1nncs1. The molecule has 0 bridgehead atoms. The van der Waals surface area contributed by atoms with E-state index in [1.165, 1.54) is 11.3 Å². The summed E-state index contributed by atoms with van der Waals surface area (Å²) in [5, 5.41) is 22.9. The van der Waals surface area contributed by atoms with Gasteiger partial charge in [-0.3, -0.25) is 30.1 Å². The van der Waals surface area contributed by atoms with Gasteiger partial charge in [-0.1, -0.05) is 11.3 Å². The molecule has 2 aromatic heterocycles. The highest BCUT2D eigenvalue weighted by molar-refractivity contribution is 7.13. The van der Waals surface area contributed by atoms with Gasteiger partial charge in [-0.15, -0.1) is 10.2 Å². The first-order valence-electron chi connectivity index (χ1n) is 8.67. The van der Waals surface area contributed by atoms with Crippen LogP contribution in [-0.2, 0) is 4.79 Å². The quantitative estimate of drug-likeness (QED) is 0.509. The normalized spacial score (nSPS) is 14.9. The van der Waals surface area contributed by atoms with Crippen molar-refractivity contribution in [3.8, 4) is 0 Å². The molecule has 0 saturated carbocycles. The third kappa shape index (κ3) is 3.75. The van der Waals surface area contributed by atoms with Crippen LogP contribution in [0.4, 0.5) is 16.5 Å². The number of nitro groups is 1. The number of carbonyl (C=O) groups excluding carboxylic acids is 1. The van der Waals surface area contributed by atoms with E-state index < -0.39 is 0 Å². The summed E-state index contributed by atoms with van der Waals surface area (Å²) in [5.41, 5.74) is 2.82. The summed E-state index contributed by atoms with van der Waals surface area (Å²) in [5.74, 6) is -0.145. The summed E-state index contributed by atoms with van der Waals surface area (Å²) in [7, 11) is 0. The number of pyridine rings is 1. The molecule has 144 valence electrons. The summed E-state index contributed by atoms with van der Waals surface area (Å²) in [6.07, 6.45) is 1.62. The number of amides is 1. The Balaban J connectivity index is 1.44. The highest BCUT2D eigenvalue weighted by atomic mass is 32.1. The molecular weight excluding hydrogens is 382 g/mol. The van der Waals surface area contributed by atoms with Gasteiger partial charge < -0.3 is 4.90 Å². The van der Waals surface area contributed by atoms with Gasteiger partial charge in [0.05, 0.1) is 22.4 Å². The summed E-state index contributed by atoms with van der Waals surface area (Å²) in [6.45, 7) is 2.70. The molecule has 1 saturated heterocycles. The van der Waals surface area contributed by atoms with E-state index in [0.717, 1.165) is 0 Å². The number of anilines is 2. The van der Waals surface area contributed by atoms with Gasteiger partial charge in [0.2, 0.25) is 11.0 Å². The number of nitrogens with zero attached hydrogens (tertiary/aromatic N) is 6. The summed E-state index contributed by atoms with van der Waals surface area (Å²) in [6, 6.07) is 6.98. The average Bonchev–Trinajstić information content (AvgIpc) is 3.20. The molecule has 1 aliphatic rings. The monoisotopic (exact) mass is 399 g/mol. The molecule has 11 heteroatoms. The summed E-state index contributed by atoms with van der Waals surface area (Å²) >= 11 is 1.27. The topological polar surface area (TPSA) is 117 Å². The van der Waals surface area contributed by atoms with Crippen molar-refractivity contribution in [3.63, 3.8) is 0 Å². The smallest absolute Gasteiger partial charge is 0.301 e. The second-order valence-electron chi connectivity index (χ2n) is 6.32. The number of hydrogen-bond donors (Lipinski definition) is 1. The first-order valence-corrected chi connectivity index (χ1v) is 9.55. The Morgan fingerprint density at radius 1 is 1.25 bits per heavy atom. The molecule has 0 radical (unpaired) electrons. The maximum Gasteiger partial charge on any atom is 0.301 e. The summed E-state index contributed by atoms with van der Waals surface area (Å²) in [4.78, 5) is 31.7. The van der Waals surface area contributed by atoms with Crippen molar-refractivity contribution in [2.24, 2.45) is 0 Å². The molecule has 0 spiro atoms. The Morgan fingerprint density at radius 3 is 2.79 bits per heavy atom. The first kappa shape index (κ1) is 18.2. The van der Waals surface area contributed by atoms with Gasteiger partial charge >= 0.3 is 5.69 Å². The minimum atomic E-state index is -0.346. The lowest BCUT2D eigenvalue weighted by atomic mass is 10.1.